The maximum atomic E-state index is 13.7. The van der Waals surface area contributed by atoms with E-state index in [1.54, 1.807) is 6.07 Å². The molecular formula is C16H24BFO2S. The molecule has 1 aliphatic rings. The van der Waals surface area contributed by atoms with Crippen molar-refractivity contribution in [1.82, 2.24) is 0 Å². The largest absolute Gasteiger partial charge is 0.495 e. The maximum Gasteiger partial charge on any atom is 0.495 e. The van der Waals surface area contributed by atoms with Crippen LogP contribution in [0.25, 0.3) is 0 Å². The third kappa shape index (κ3) is 3.63. The molecule has 0 saturated carbocycles. The van der Waals surface area contributed by atoms with Crippen LogP contribution in [0.4, 0.5) is 4.39 Å². The quantitative estimate of drug-likeness (QED) is 0.609. The number of halogens is 1. The van der Waals surface area contributed by atoms with E-state index in [1.165, 1.54) is 6.07 Å². The van der Waals surface area contributed by atoms with E-state index in [0.717, 1.165) is 29.0 Å². The smallest absolute Gasteiger partial charge is 0.399 e. The lowest BCUT2D eigenvalue weighted by molar-refractivity contribution is 0.00578. The Hall–Kier alpha value is -0.515. The molecule has 0 atom stereocenters. The Morgan fingerprint density at radius 2 is 1.76 bits per heavy atom. The Labute approximate surface area is 131 Å². The summed E-state index contributed by atoms with van der Waals surface area (Å²) in [5.41, 5.74) is 1.10. The molecule has 1 heterocycles. The predicted molar refractivity (Wildman–Crippen MR) is 88.6 cm³/mol. The van der Waals surface area contributed by atoms with Gasteiger partial charge in [0.05, 0.1) is 11.2 Å². The molecule has 21 heavy (non-hydrogen) atoms. The van der Waals surface area contributed by atoms with Crippen molar-refractivity contribution in [3.05, 3.63) is 29.6 Å². The number of thioether (sulfide) groups is 1. The molecule has 0 spiro atoms. The normalized spacial score (nSPS) is 20.0. The van der Waals surface area contributed by atoms with Crippen LogP contribution in [-0.2, 0) is 15.1 Å². The lowest BCUT2D eigenvalue weighted by Gasteiger charge is -2.32. The molecule has 2 rings (SSSR count). The second kappa shape index (κ2) is 6.31. The van der Waals surface area contributed by atoms with Crippen molar-refractivity contribution in [2.75, 3.05) is 5.75 Å². The van der Waals surface area contributed by atoms with Crippen molar-refractivity contribution in [2.24, 2.45) is 0 Å². The van der Waals surface area contributed by atoms with Gasteiger partial charge in [0.1, 0.15) is 5.82 Å². The van der Waals surface area contributed by atoms with E-state index in [2.05, 4.69) is 6.92 Å². The Bertz CT molecular complexity index is 489. The minimum absolute atomic E-state index is 0.246. The third-order valence-corrected chi connectivity index (χ3v) is 5.43. The van der Waals surface area contributed by atoms with Crippen LogP contribution in [0, 0.1) is 5.82 Å². The minimum Gasteiger partial charge on any atom is -0.399 e. The first kappa shape index (κ1) is 16.8. The summed E-state index contributed by atoms with van der Waals surface area (Å²) in [4.78, 5) is 0. The van der Waals surface area contributed by atoms with E-state index >= 15 is 0 Å². The van der Waals surface area contributed by atoms with Crippen LogP contribution in [0.15, 0.2) is 18.2 Å². The highest BCUT2D eigenvalue weighted by molar-refractivity contribution is 7.98. The summed E-state index contributed by atoms with van der Waals surface area (Å²) in [5, 5.41) is 0. The van der Waals surface area contributed by atoms with E-state index in [-0.39, 0.29) is 5.82 Å². The fraction of sp³-hybridized carbons (Fsp3) is 0.625. The fourth-order valence-electron chi connectivity index (χ4n) is 2.21. The maximum absolute atomic E-state index is 13.7. The van der Waals surface area contributed by atoms with E-state index < -0.39 is 18.3 Å². The van der Waals surface area contributed by atoms with Crippen molar-refractivity contribution < 1.29 is 13.7 Å². The highest BCUT2D eigenvalue weighted by atomic mass is 32.2. The molecule has 1 aliphatic heterocycles. The summed E-state index contributed by atoms with van der Waals surface area (Å²) in [5.74, 6) is 1.71. The zero-order valence-corrected chi connectivity index (χ0v) is 14.3. The number of rotatable bonds is 5. The molecule has 0 amide bonds. The molecule has 116 valence electrons. The van der Waals surface area contributed by atoms with Crippen molar-refractivity contribution in [3.8, 4) is 0 Å². The van der Waals surface area contributed by atoms with Crippen LogP contribution in [0.5, 0.6) is 0 Å². The van der Waals surface area contributed by atoms with Gasteiger partial charge >= 0.3 is 7.12 Å². The van der Waals surface area contributed by atoms with E-state index in [0.29, 0.717) is 0 Å². The molecular weight excluding hydrogens is 286 g/mol. The lowest BCUT2D eigenvalue weighted by atomic mass is 9.76. The molecule has 0 aromatic heterocycles. The van der Waals surface area contributed by atoms with Gasteiger partial charge in [-0.1, -0.05) is 13.0 Å². The molecule has 0 bridgehead atoms. The average molecular weight is 310 g/mol. The van der Waals surface area contributed by atoms with Crippen LogP contribution in [0.2, 0.25) is 0 Å². The van der Waals surface area contributed by atoms with Crippen molar-refractivity contribution in [3.63, 3.8) is 0 Å². The summed E-state index contributed by atoms with van der Waals surface area (Å²) in [6, 6.07) is 4.90. The van der Waals surface area contributed by atoms with Gasteiger partial charge in [0.15, 0.2) is 0 Å². The van der Waals surface area contributed by atoms with Crippen LogP contribution in [0.1, 0.15) is 46.6 Å². The van der Waals surface area contributed by atoms with Crippen molar-refractivity contribution in [2.45, 2.75) is 58.0 Å². The second-order valence-corrected chi connectivity index (χ2v) is 7.59. The van der Waals surface area contributed by atoms with Gasteiger partial charge in [-0.2, -0.15) is 11.8 Å². The topological polar surface area (TPSA) is 18.5 Å². The van der Waals surface area contributed by atoms with Crippen LogP contribution in [0.3, 0.4) is 0 Å². The minimum atomic E-state index is -0.497. The van der Waals surface area contributed by atoms with E-state index in [4.69, 9.17) is 9.31 Å². The van der Waals surface area contributed by atoms with Gasteiger partial charge in [-0.05, 0) is 63.0 Å². The molecule has 2 nitrogen and oxygen atoms in total. The summed E-state index contributed by atoms with van der Waals surface area (Å²) in [6.45, 7) is 10.2. The Morgan fingerprint density at radius 1 is 1.14 bits per heavy atom. The summed E-state index contributed by atoms with van der Waals surface area (Å²) >= 11 is 1.85. The monoisotopic (exact) mass is 310 g/mol. The van der Waals surface area contributed by atoms with Crippen LogP contribution < -0.4 is 5.46 Å². The van der Waals surface area contributed by atoms with Gasteiger partial charge in [0.25, 0.3) is 0 Å². The lowest BCUT2D eigenvalue weighted by Crippen LogP contribution is -2.41. The third-order valence-electron chi connectivity index (χ3n) is 4.22. The van der Waals surface area contributed by atoms with Crippen LogP contribution in [-0.4, -0.2) is 24.1 Å². The fourth-order valence-corrected chi connectivity index (χ4v) is 3.13. The molecule has 1 aromatic carbocycles. The zero-order chi connectivity index (χ0) is 15.7. The van der Waals surface area contributed by atoms with Gasteiger partial charge in [-0.3, -0.25) is 0 Å². The Morgan fingerprint density at radius 3 is 2.33 bits per heavy atom. The number of benzene rings is 1. The SMILES string of the molecule is CCCSCc1ccc(F)cc1B1OC(C)(C)C(C)(C)O1. The summed E-state index contributed by atoms with van der Waals surface area (Å²) in [7, 11) is -0.497. The first-order valence-electron chi connectivity index (χ1n) is 7.48. The van der Waals surface area contributed by atoms with Gasteiger partial charge < -0.3 is 9.31 Å². The van der Waals surface area contributed by atoms with E-state index in [9.17, 15) is 4.39 Å². The Balaban J connectivity index is 2.25. The molecule has 0 radical (unpaired) electrons. The standard InChI is InChI=1S/C16H24BFO2S/c1-6-9-21-11-12-7-8-13(18)10-14(12)17-19-15(2,3)16(4,5)20-17/h7-8,10H,6,9,11H2,1-5H3. The summed E-state index contributed by atoms with van der Waals surface area (Å²) < 4.78 is 25.8. The summed E-state index contributed by atoms with van der Waals surface area (Å²) in [6.07, 6.45) is 1.14. The van der Waals surface area contributed by atoms with Gasteiger partial charge in [0.2, 0.25) is 0 Å². The highest BCUT2D eigenvalue weighted by Gasteiger charge is 2.52. The molecule has 1 aromatic rings. The number of hydrogen-bond donors (Lipinski definition) is 0. The molecule has 1 fully saturated rings. The van der Waals surface area contributed by atoms with Crippen molar-refractivity contribution in [1.29, 1.82) is 0 Å². The predicted octanol–water partition coefficient (Wildman–Crippen LogP) is 3.77. The van der Waals surface area contributed by atoms with Gasteiger partial charge in [-0.15, -0.1) is 0 Å². The van der Waals surface area contributed by atoms with Crippen LogP contribution >= 0.6 is 11.8 Å². The average Bonchev–Trinajstić information content (AvgIpc) is 2.60. The van der Waals surface area contributed by atoms with Gasteiger partial charge in [-0.25, -0.2) is 4.39 Å². The highest BCUT2D eigenvalue weighted by Crippen LogP contribution is 2.36. The Kier molecular flexibility index (Phi) is 5.06. The first-order valence-corrected chi connectivity index (χ1v) is 8.64. The van der Waals surface area contributed by atoms with E-state index in [1.807, 2.05) is 45.5 Å². The molecule has 0 N–H and O–H groups in total. The molecule has 0 aliphatic carbocycles. The number of hydrogen-bond acceptors (Lipinski definition) is 3. The molecule has 1 saturated heterocycles. The molecule has 5 heteroatoms. The zero-order valence-electron chi connectivity index (χ0n) is 13.5. The van der Waals surface area contributed by atoms with Gasteiger partial charge in [0, 0.05) is 5.75 Å². The second-order valence-electron chi connectivity index (χ2n) is 6.48. The molecule has 0 unspecified atom stereocenters. The van der Waals surface area contributed by atoms with Crippen molar-refractivity contribution >= 4 is 24.3 Å². The first-order chi connectivity index (χ1) is 9.77.